The molecule has 1 aliphatic heterocycles. The molecule has 5 heteroatoms. The maximum absolute atomic E-state index is 9.79. The first-order valence-corrected chi connectivity index (χ1v) is 7.31. The third-order valence-corrected chi connectivity index (χ3v) is 4.20. The number of benzene rings is 1. The van der Waals surface area contributed by atoms with E-state index in [1.165, 1.54) is 5.56 Å². The number of nitrogens with one attached hydrogen (secondary N) is 1. The average Bonchev–Trinajstić information content (AvgIpc) is 2.44. The van der Waals surface area contributed by atoms with Gasteiger partial charge in [-0.15, -0.1) is 12.4 Å². The maximum atomic E-state index is 9.79. The minimum atomic E-state index is -0.221. The number of rotatable bonds is 4. The van der Waals surface area contributed by atoms with Crippen LogP contribution in [-0.2, 0) is 0 Å². The molecule has 0 spiro atoms. The van der Waals surface area contributed by atoms with Gasteiger partial charge < -0.3 is 15.5 Å². The van der Waals surface area contributed by atoms with Gasteiger partial charge in [0.2, 0.25) is 0 Å². The highest BCUT2D eigenvalue weighted by Crippen LogP contribution is 2.39. The van der Waals surface area contributed by atoms with Gasteiger partial charge in [0.1, 0.15) is 5.75 Å². The summed E-state index contributed by atoms with van der Waals surface area (Å²) in [7, 11) is 0. The Bertz CT molecular complexity index is 460. The summed E-state index contributed by atoms with van der Waals surface area (Å²) in [6.07, 6.45) is 0. The standard InChI is InChI=1S/C16H26N2O2.ClH/c1-12-10-13(4-5-14(12)20)15(16(2,3)11-19)18-8-6-17-7-9-18;/h4-5,10,15,17,19-20H,6-9,11H2,1-3H3;1H/t15-;/m1./s1. The number of hydrogen-bond donors (Lipinski definition) is 3. The van der Waals surface area contributed by atoms with E-state index in [2.05, 4.69) is 24.1 Å². The summed E-state index contributed by atoms with van der Waals surface area (Å²) in [6, 6.07) is 5.94. The number of aromatic hydroxyl groups is 1. The molecule has 1 aromatic rings. The number of nitrogens with zero attached hydrogens (tertiary/aromatic N) is 1. The van der Waals surface area contributed by atoms with Crippen LogP contribution in [0.15, 0.2) is 18.2 Å². The Morgan fingerprint density at radius 1 is 1.29 bits per heavy atom. The lowest BCUT2D eigenvalue weighted by Crippen LogP contribution is -2.49. The molecule has 21 heavy (non-hydrogen) atoms. The van der Waals surface area contributed by atoms with E-state index < -0.39 is 0 Å². The zero-order chi connectivity index (χ0) is 14.8. The van der Waals surface area contributed by atoms with Gasteiger partial charge in [0, 0.05) is 44.2 Å². The van der Waals surface area contributed by atoms with Gasteiger partial charge in [0.15, 0.2) is 0 Å². The molecule has 0 bridgehead atoms. The van der Waals surface area contributed by atoms with E-state index in [0.29, 0.717) is 5.75 Å². The fraction of sp³-hybridized carbons (Fsp3) is 0.625. The zero-order valence-corrected chi connectivity index (χ0v) is 13.9. The van der Waals surface area contributed by atoms with Crippen LogP contribution in [0.25, 0.3) is 0 Å². The summed E-state index contributed by atoms with van der Waals surface area (Å²) in [5.41, 5.74) is 1.83. The molecular weight excluding hydrogens is 288 g/mol. The Morgan fingerprint density at radius 2 is 1.90 bits per heavy atom. The van der Waals surface area contributed by atoms with Crippen LogP contribution in [0.1, 0.15) is 31.0 Å². The van der Waals surface area contributed by atoms with E-state index in [9.17, 15) is 10.2 Å². The molecule has 4 nitrogen and oxygen atoms in total. The molecule has 0 unspecified atom stereocenters. The lowest BCUT2D eigenvalue weighted by Gasteiger charge is -2.43. The first kappa shape index (κ1) is 18.2. The Labute approximate surface area is 133 Å². The molecule has 0 aliphatic carbocycles. The normalized spacial score (nSPS) is 18.1. The van der Waals surface area contributed by atoms with Gasteiger partial charge in [-0.3, -0.25) is 4.90 Å². The second-order valence-electron chi connectivity index (χ2n) is 6.38. The van der Waals surface area contributed by atoms with Crippen LogP contribution < -0.4 is 5.32 Å². The predicted molar refractivity (Wildman–Crippen MR) is 88.1 cm³/mol. The van der Waals surface area contributed by atoms with Crippen molar-refractivity contribution < 1.29 is 10.2 Å². The Kier molecular flexibility index (Phi) is 6.47. The lowest BCUT2D eigenvalue weighted by atomic mass is 9.79. The van der Waals surface area contributed by atoms with Crippen LogP contribution in [0.2, 0.25) is 0 Å². The number of aliphatic hydroxyl groups excluding tert-OH is 1. The molecular formula is C16H27ClN2O2. The zero-order valence-electron chi connectivity index (χ0n) is 13.1. The van der Waals surface area contributed by atoms with Gasteiger partial charge in [-0.2, -0.15) is 0 Å². The van der Waals surface area contributed by atoms with Crippen molar-refractivity contribution in [2.45, 2.75) is 26.8 Å². The molecule has 1 aliphatic rings. The van der Waals surface area contributed by atoms with Crippen LogP contribution >= 0.6 is 12.4 Å². The number of aryl methyl sites for hydroxylation is 1. The summed E-state index contributed by atoms with van der Waals surface area (Å²) in [6.45, 7) is 10.2. The van der Waals surface area contributed by atoms with Gasteiger partial charge in [0.25, 0.3) is 0 Å². The minimum Gasteiger partial charge on any atom is -0.508 e. The molecule has 0 saturated carbocycles. The van der Waals surface area contributed by atoms with Crippen LogP contribution in [-0.4, -0.2) is 47.9 Å². The average molecular weight is 315 g/mol. The number of piperazine rings is 1. The first-order chi connectivity index (χ1) is 9.45. The van der Waals surface area contributed by atoms with Crippen LogP contribution in [0.3, 0.4) is 0 Å². The van der Waals surface area contributed by atoms with Crippen molar-refractivity contribution in [2.24, 2.45) is 5.41 Å². The van der Waals surface area contributed by atoms with Gasteiger partial charge in [-0.25, -0.2) is 0 Å². The highest BCUT2D eigenvalue weighted by molar-refractivity contribution is 5.85. The Morgan fingerprint density at radius 3 is 2.43 bits per heavy atom. The quantitative estimate of drug-likeness (QED) is 0.796. The van der Waals surface area contributed by atoms with Crippen molar-refractivity contribution >= 4 is 12.4 Å². The van der Waals surface area contributed by atoms with E-state index in [1.54, 1.807) is 6.07 Å². The molecule has 0 radical (unpaired) electrons. The SMILES string of the molecule is Cc1cc([C@@H](N2CCNCC2)C(C)(C)CO)ccc1O.Cl. The molecule has 0 amide bonds. The van der Waals surface area contributed by atoms with E-state index in [1.807, 2.05) is 19.1 Å². The highest BCUT2D eigenvalue weighted by Gasteiger charge is 2.35. The van der Waals surface area contributed by atoms with Crippen molar-refractivity contribution in [2.75, 3.05) is 32.8 Å². The van der Waals surface area contributed by atoms with Gasteiger partial charge in [0.05, 0.1) is 0 Å². The van der Waals surface area contributed by atoms with E-state index >= 15 is 0 Å². The van der Waals surface area contributed by atoms with E-state index in [4.69, 9.17) is 0 Å². The molecule has 1 fully saturated rings. The van der Waals surface area contributed by atoms with Crippen molar-refractivity contribution in [3.8, 4) is 5.75 Å². The Hall–Kier alpha value is -0.810. The molecule has 0 aromatic heterocycles. The summed E-state index contributed by atoms with van der Waals surface area (Å²) in [4.78, 5) is 2.43. The molecule has 2 rings (SSSR count). The molecule has 120 valence electrons. The fourth-order valence-electron chi connectivity index (χ4n) is 3.03. The van der Waals surface area contributed by atoms with Crippen LogP contribution in [0.5, 0.6) is 5.75 Å². The molecule has 3 N–H and O–H groups in total. The second kappa shape index (κ2) is 7.45. The fourth-order valence-corrected chi connectivity index (χ4v) is 3.03. The molecule has 1 atom stereocenters. The predicted octanol–water partition coefficient (Wildman–Crippen LogP) is 2.09. The van der Waals surface area contributed by atoms with Gasteiger partial charge >= 0.3 is 0 Å². The molecule has 1 saturated heterocycles. The number of hydrogen-bond acceptors (Lipinski definition) is 4. The monoisotopic (exact) mass is 314 g/mol. The minimum absolute atomic E-state index is 0. The third kappa shape index (κ3) is 4.10. The largest absolute Gasteiger partial charge is 0.508 e. The van der Waals surface area contributed by atoms with Crippen molar-refractivity contribution in [3.63, 3.8) is 0 Å². The lowest BCUT2D eigenvalue weighted by molar-refractivity contribution is 0.0305. The Balaban J connectivity index is 0.00000220. The topological polar surface area (TPSA) is 55.7 Å². The second-order valence-corrected chi connectivity index (χ2v) is 6.38. The first-order valence-electron chi connectivity index (χ1n) is 7.31. The van der Waals surface area contributed by atoms with Crippen molar-refractivity contribution in [1.82, 2.24) is 10.2 Å². The number of halogens is 1. The molecule has 1 heterocycles. The summed E-state index contributed by atoms with van der Waals surface area (Å²) < 4.78 is 0. The smallest absolute Gasteiger partial charge is 0.118 e. The van der Waals surface area contributed by atoms with Crippen molar-refractivity contribution in [1.29, 1.82) is 0 Å². The summed E-state index contributed by atoms with van der Waals surface area (Å²) >= 11 is 0. The number of phenolic OH excluding ortho intramolecular Hbond substituents is 1. The summed E-state index contributed by atoms with van der Waals surface area (Å²) in [5.74, 6) is 0.328. The van der Waals surface area contributed by atoms with E-state index in [0.717, 1.165) is 31.7 Å². The third-order valence-electron chi connectivity index (χ3n) is 4.20. The van der Waals surface area contributed by atoms with Gasteiger partial charge in [-0.05, 0) is 24.1 Å². The number of aliphatic hydroxyl groups is 1. The van der Waals surface area contributed by atoms with Gasteiger partial charge in [-0.1, -0.05) is 26.0 Å². The van der Waals surface area contributed by atoms with Crippen LogP contribution in [0, 0.1) is 12.3 Å². The molecule has 1 aromatic carbocycles. The van der Waals surface area contributed by atoms with Crippen molar-refractivity contribution in [3.05, 3.63) is 29.3 Å². The summed E-state index contributed by atoms with van der Waals surface area (Å²) in [5, 5.41) is 22.9. The highest BCUT2D eigenvalue weighted by atomic mass is 35.5. The van der Waals surface area contributed by atoms with E-state index in [-0.39, 0.29) is 30.5 Å². The number of phenols is 1. The maximum Gasteiger partial charge on any atom is 0.118 e. The van der Waals surface area contributed by atoms with Crippen LogP contribution in [0.4, 0.5) is 0 Å².